The van der Waals surface area contributed by atoms with Gasteiger partial charge in [-0.25, -0.2) is 14.5 Å². The van der Waals surface area contributed by atoms with Crippen molar-refractivity contribution in [2.24, 2.45) is 0 Å². The second kappa shape index (κ2) is 11.2. The average molecular weight is 536 g/mol. The highest BCUT2D eigenvalue weighted by Crippen LogP contribution is 2.30. The highest BCUT2D eigenvalue weighted by atomic mass is 32.1. The number of fused-ring (bicyclic) bond motifs is 1. The van der Waals surface area contributed by atoms with Crippen LogP contribution in [-0.2, 0) is 0 Å². The monoisotopic (exact) mass is 535 g/mol. The predicted octanol–water partition coefficient (Wildman–Crippen LogP) is 2.52. The number of hydrogen-bond acceptors (Lipinski definition) is 9. The van der Waals surface area contributed by atoms with Crippen molar-refractivity contribution in [3.8, 4) is 21.8 Å². The number of carbonyl (C=O) groups excluding carboxylic acids is 1. The molecule has 11 heteroatoms. The number of pyridine rings is 1. The molecule has 5 rings (SSSR count). The van der Waals surface area contributed by atoms with Crippen LogP contribution in [0.5, 0.6) is 0 Å². The van der Waals surface area contributed by atoms with Crippen LogP contribution in [0.4, 0.5) is 5.82 Å². The Hall–Kier alpha value is -3.38. The van der Waals surface area contributed by atoms with E-state index in [0.717, 1.165) is 23.7 Å². The van der Waals surface area contributed by atoms with E-state index in [1.54, 1.807) is 39.1 Å². The zero-order chi connectivity index (χ0) is 26.8. The molecule has 200 valence electrons. The largest absolute Gasteiger partial charge is 0.389 e. The number of β-amino-alcohol motifs (C(OH)–C–C–N with tert-alkyl or cyclic N) is 2. The molecule has 1 aliphatic heterocycles. The van der Waals surface area contributed by atoms with Gasteiger partial charge in [0.1, 0.15) is 5.82 Å². The standard InChI is InChI=1S/C27H33N7O3S/c1-4-32(5-2)17(3)13-28-27(37)18-11-21(30-25(12-18)33-15-22(35)23(36)16-33)19-14-29-34-9-8-20(31-26(19)34)24-7-6-10-38-24/h6-12,14,17,22-23,35-36H,4-5,13,15-16H2,1-3H3,(H,28,37)/t17?,22-,23-/m0/s1. The molecule has 0 radical (unpaired) electrons. The maximum atomic E-state index is 13.3. The second-order valence-electron chi connectivity index (χ2n) is 9.54. The summed E-state index contributed by atoms with van der Waals surface area (Å²) in [5.41, 5.74) is 3.15. The Bertz CT molecular complexity index is 1390. The number of likely N-dealkylation sites (N-methyl/N-ethyl adjacent to an activating group) is 1. The van der Waals surface area contributed by atoms with E-state index in [9.17, 15) is 15.0 Å². The van der Waals surface area contributed by atoms with E-state index in [4.69, 9.17) is 9.97 Å². The van der Waals surface area contributed by atoms with Gasteiger partial charge in [-0.05, 0) is 49.7 Å². The van der Waals surface area contributed by atoms with Crippen LogP contribution in [0.3, 0.4) is 0 Å². The lowest BCUT2D eigenvalue weighted by Crippen LogP contribution is -2.42. The van der Waals surface area contributed by atoms with Crippen molar-refractivity contribution in [3.63, 3.8) is 0 Å². The van der Waals surface area contributed by atoms with Crippen molar-refractivity contribution in [1.82, 2.24) is 29.8 Å². The first-order chi connectivity index (χ1) is 18.4. The summed E-state index contributed by atoms with van der Waals surface area (Å²) in [6, 6.07) is 9.58. The molecular formula is C27H33N7O3S. The Morgan fingerprint density at radius 2 is 1.92 bits per heavy atom. The molecule has 10 nitrogen and oxygen atoms in total. The number of aliphatic hydroxyl groups excluding tert-OH is 2. The molecule has 0 bridgehead atoms. The Kier molecular flexibility index (Phi) is 7.70. The number of thiophene rings is 1. The fraction of sp³-hybridized carbons (Fsp3) is 0.407. The molecule has 3 N–H and O–H groups in total. The number of nitrogens with zero attached hydrogens (tertiary/aromatic N) is 6. The van der Waals surface area contributed by atoms with E-state index < -0.39 is 12.2 Å². The van der Waals surface area contributed by atoms with Gasteiger partial charge in [0.15, 0.2) is 5.65 Å². The summed E-state index contributed by atoms with van der Waals surface area (Å²) in [4.78, 5) is 28.1. The highest BCUT2D eigenvalue weighted by molar-refractivity contribution is 7.13. The molecule has 1 saturated heterocycles. The SMILES string of the molecule is CCN(CC)C(C)CNC(=O)c1cc(-c2cnn3ccc(-c4cccs4)nc23)nc(N2C[C@H](O)[C@@H](O)C2)c1. The average Bonchev–Trinajstić information content (AvgIpc) is 3.68. The number of rotatable bonds is 9. The van der Waals surface area contributed by atoms with Crippen LogP contribution < -0.4 is 10.2 Å². The normalized spacial score (nSPS) is 18.4. The van der Waals surface area contributed by atoms with Gasteiger partial charge in [0.2, 0.25) is 0 Å². The molecule has 38 heavy (non-hydrogen) atoms. The minimum Gasteiger partial charge on any atom is -0.389 e. The molecule has 0 saturated carbocycles. The lowest BCUT2D eigenvalue weighted by molar-refractivity contribution is 0.0572. The summed E-state index contributed by atoms with van der Waals surface area (Å²) < 4.78 is 1.69. The molecule has 4 aromatic heterocycles. The molecule has 1 fully saturated rings. The summed E-state index contributed by atoms with van der Waals surface area (Å²) >= 11 is 1.61. The molecular weight excluding hydrogens is 502 g/mol. The summed E-state index contributed by atoms with van der Waals surface area (Å²) in [5.74, 6) is 0.298. The fourth-order valence-corrected chi connectivity index (χ4v) is 5.53. The molecule has 0 aliphatic carbocycles. The number of nitrogens with one attached hydrogen (secondary N) is 1. The van der Waals surface area contributed by atoms with Crippen molar-refractivity contribution in [3.05, 3.63) is 53.7 Å². The Balaban J connectivity index is 1.52. The Labute approximate surface area is 225 Å². The highest BCUT2D eigenvalue weighted by Gasteiger charge is 2.31. The third-order valence-electron chi connectivity index (χ3n) is 7.07. The maximum Gasteiger partial charge on any atom is 0.251 e. The smallest absolute Gasteiger partial charge is 0.251 e. The third kappa shape index (κ3) is 5.28. The van der Waals surface area contributed by atoms with Crippen LogP contribution in [0.25, 0.3) is 27.5 Å². The van der Waals surface area contributed by atoms with Crippen molar-refractivity contribution < 1.29 is 15.0 Å². The van der Waals surface area contributed by atoms with Gasteiger partial charge in [-0.15, -0.1) is 11.3 Å². The number of aliphatic hydroxyl groups is 2. The van der Waals surface area contributed by atoms with Crippen molar-refractivity contribution in [1.29, 1.82) is 0 Å². The van der Waals surface area contributed by atoms with Crippen LogP contribution in [0.15, 0.2) is 48.1 Å². The first-order valence-corrected chi connectivity index (χ1v) is 13.8. The fourth-order valence-electron chi connectivity index (χ4n) is 4.83. The molecule has 3 atom stereocenters. The van der Waals surface area contributed by atoms with Gasteiger partial charge in [-0.1, -0.05) is 19.9 Å². The maximum absolute atomic E-state index is 13.3. The van der Waals surface area contributed by atoms with E-state index in [1.165, 1.54) is 0 Å². The topological polar surface area (TPSA) is 119 Å². The third-order valence-corrected chi connectivity index (χ3v) is 7.96. The Morgan fingerprint density at radius 1 is 1.16 bits per heavy atom. The molecule has 0 aromatic carbocycles. The van der Waals surface area contributed by atoms with Crippen molar-refractivity contribution >= 4 is 28.7 Å². The van der Waals surface area contributed by atoms with Gasteiger partial charge in [0.05, 0.1) is 40.2 Å². The number of anilines is 1. The van der Waals surface area contributed by atoms with Gasteiger partial charge in [-0.3, -0.25) is 9.69 Å². The first kappa shape index (κ1) is 26.2. The van der Waals surface area contributed by atoms with Gasteiger partial charge in [0.25, 0.3) is 5.91 Å². The van der Waals surface area contributed by atoms with Gasteiger partial charge in [-0.2, -0.15) is 5.10 Å². The molecule has 1 aliphatic rings. The molecule has 4 aromatic rings. The summed E-state index contributed by atoms with van der Waals surface area (Å²) in [6.07, 6.45) is 1.81. The quantitative estimate of drug-likeness (QED) is 0.299. The second-order valence-corrected chi connectivity index (χ2v) is 10.5. The zero-order valence-corrected chi connectivity index (χ0v) is 22.6. The van der Waals surface area contributed by atoms with Crippen LogP contribution in [0, 0.1) is 0 Å². The van der Waals surface area contributed by atoms with E-state index in [2.05, 4.69) is 36.1 Å². The van der Waals surface area contributed by atoms with Gasteiger partial charge in [0, 0.05) is 37.4 Å². The van der Waals surface area contributed by atoms with Crippen LogP contribution in [-0.4, -0.2) is 91.6 Å². The lowest BCUT2D eigenvalue weighted by Gasteiger charge is -2.26. The molecule has 5 heterocycles. The van der Waals surface area contributed by atoms with E-state index in [1.807, 2.05) is 29.8 Å². The van der Waals surface area contributed by atoms with E-state index >= 15 is 0 Å². The summed E-state index contributed by atoms with van der Waals surface area (Å²) in [5, 5.41) is 29.8. The number of aromatic nitrogens is 4. The van der Waals surface area contributed by atoms with Gasteiger partial charge >= 0.3 is 0 Å². The number of amides is 1. The van der Waals surface area contributed by atoms with Crippen molar-refractivity contribution in [2.45, 2.75) is 39.0 Å². The molecule has 1 amide bonds. The van der Waals surface area contributed by atoms with Crippen LogP contribution in [0.2, 0.25) is 0 Å². The van der Waals surface area contributed by atoms with E-state index in [-0.39, 0.29) is 25.0 Å². The summed E-state index contributed by atoms with van der Waals surface area (Å²) in [6.45, 7) is 9.10. The first-order valence-electron chi connectivity index (χ1n) is 12.9. The van der Waals surface area contributed by atoms with Gasteiger partial charge < -0.3 is 20.4 Å². The minimum atomic E-state index is -0.875. The van der Waals surface area contributed by atoms with Crippen LogP contribution in [0.1, 0.15) is 31.1 Å². The zero-order valence-electron chi connectivity index (χ0n) is 21.8. The Morgan fingerprint density at radius 3 is 2.61 bits per heavy atom. The number of hydrogen-bond donors (Lipinski definition) is 3. The molecule has 1 unspecified atom stereocenters. The summed E-state index contributed by atoms with van der Waals surface area (Å²) in [7, 11) is 0. The van der Waals surface area contributed by atoms with Crippen LogP contribution >= 0.6 is 11.3 Å². The van der Waals surface area contributed by atoms with Crippen molar-refractivity contribution in [2.75, 3.05) is 37.6 Å². The lowest BCUT2D eigenvalue weighted by atomic mass is 10.1. The minimum absolute atomic E-state index is 0.193. The predicted molar refractivity (Wildman–Crippen MR) is 148 cm³/mol. The van der Waals surface area contributed by atoms with E-state index in [0.29, 0.717) is 34.8 Å². The number of carbonyl (C=O) groups is 1. The molecule has 0 spiro atoms.